The first-order valence-electron chi connectivity index (χ1n) is 6.64. The zero-order valence-electron chi connectivity index (χ0n) is 12.1. The maximum Gasteiger partial charge on any atom is -0.0383 e. The normalized spacial score (nSPS) is 13.6. The molecule has 0 aromatic heterocycles. The van der Waals surface area contributed by atoms with Gasteiger partial charge in [-0.15, -0.1) is 0 Å². The molecule has 0 radical (unpaired) electrons. The molecule has 0 spiro atoms. The third-order valence-corrected chi connectivity index (χ3v) is 3.18. The lowest BCUT2D eigenvalue weighted by Crippen LogP contribution is -2.12. The molecular formula is C15H32. The predicted molar refractivity (Wildman–Crippen MR) is 71.2 cm³/mol. The van der Waals surface area contributed by atoms with Gasteiger partial charge in [0.15, 0.2) is 0 Å². The molecular weight excluding hydrogens is 180 g/mol. The van der Waals surface area contributed by atoms with E-state index in [-0.39, 0.29) is 0 Å². The summed E-state index contributed by atoms with van der Waals surface area (Å²) in [5.41, 5.74) is 1.02. The van der Waals surface area contributed by atoms with Gasteiger partial charge in [-0.05, 0) is 42.4 Å². The van der Waals surface area contributed by atoms with Gasteiger partial charge in [0.05, 0.1) is 0 Å². The van der Waals surface area contributed by atoms with Gasteiger partial charge in [0.1, 0.15) is 0 Å². The Labute approximate surface area is 97.8 Å². The Morgan fingerprint density at radius 3 is 1.27 bits per heavy atom. The van der Waals surface area contributed by atoms with Gasteiger partial charge in [-0.2, -0.15) is 0 Å². The molecule has 15 heavy (non-hydrogen) atoms. The lowest BCUT2D eigenvalue weighted by Gasteiger charge is -2.25. The van der Waals surface area contributed by atoms with E-state index < -0.39 is 0 Å². The van der Waals surface area contributed by atoms with E-state index in [9.17, 15) is 0 Å². The van der Waals surface area contributed by atoms with Crippen molar-refractivity contribution in [1.29, 1.82) is 0 Å². The molecule has 0 nitrogen and oxygen atoms in total. The van der Waals surface area contributed by atoms with Crippen LogP contribution in [0.1, 0.15) is 80.6 Å². The average molecular weight is 212 g/mol. The summed E-state index contributed by atoms with van der Waals surface area (Å²) in [6.45, 7) is 16.4. The van der Waals surface area contributed by atoms with E-state index in [0.717, 1.165) is 5.92 Å². The van der Waals surface area contributed by atoms with Gasteiger partial charge >= 0.3 is 0 Å². The van der Waals surface area contributed by atoms with Crippen molar-refractivity contribution >= 4 is 0 Å². The maximum atomic E-state index is 2.35. The van der Waals surface area contributed by atoms with Crippen molar-refractivity contribution in [2.75, 3.05) is 0 Å². The second kappa shape index (κ2) is 5.92. The molecule has 0 fully saturated rings. The molecule has 0 bridgehead atoms. The average Bonchev–Trinajstić information content (AvgIpc) is 2.00. The third-order valence-electron chi connectivity index (χ3n) is 3.18. The molecule has 0 aromatic rings. The summed E-state index contributed by atoms with van der Waals surface area (Å²) in [6, 6.07) is 0. The zero-order chi connectivity index (χ0) is 12.1. The molecule has 0 saturated heterocycles. The fourth-order valence-corrected chi connectivity index (χ4v) is 1.83. The fourth-order valence-electron chi connectivity index (χ4n) is 1.83. The van der Waals surface area contributed by atoms with Crippen LogP contribution in [0.3, 0.4) is 0 Å². The van der Waals surface area contributed by atoms with Gasteiger partial charge in [0.25, 0.3) is 0 Å². The third kappa shape index (κ3) is 10.3. The van der Waals surface area contributed by atoms with Crippen LogP contribution in [0.15, 0.2) is 0 Å². The summed E-state index contributed by atoms with van der Waals surface area (Å²) >= 11 is 0. The minimum absolute atomic E-state index is 0.509. The molecule has 0 aliphatic carbocycles. The lowest BCUT2D eigenvalue weighted by atomic mass is 9.81. The van der Waals surface area contributed by atoms with Crippen molar-refractivity contribution in [2.45, 2.75) is 80.6 Å². The first-order chi connectivity index (χ1) is 6.64. The van der Waals surface area contributed by atoms with E-state index in [0.29, 0.717) is 10.8 Å². The first-order valence-corrected chi connectivity index (χ1v) is 6.64. The summed E-state index contributed by atoms with van der Waals surface area (Å²) in [6.07, 6.45) is 6.92. The van der Waals surface area contributed by atoms with Crippen LogP contribution in [0, 0.1) is 16.7 Å². The Morgan fingerprint density at radius 1 is 0.733 bits per heavy atom. The van der Waals surface area contributed by atoms with E-state index >= 15 is 0 Å². The Kier molecular flexibility index (Phi) is 5.92. The van der Waals surface area contributed by atoms with E-state index in [2.05, 4.69) is 48.5 Å². The number of hydrogen-bond donors (Lipinski definition) is 0. The highest BCUT2D eigenvalue weighted by Crippen LogP contribution is 2.30. The van der Waals surface area contributed by atoms with Gasteiger partial charge in [0.2, 0.25) is 0 Å². The molecule has 0 N–H and O–H groups in total. The monoisotopic (exact) mass is 212 g/mol. The van der Waals surface area contributed by atoms with Crippen LogP contribution in [-0.4, -0.2) is 0 Å². The predicted octanol–water partition coefficient (Wildman–Crippen LogP) is 5.67. The topological polar surface area (TPSA) is 0 Å². The van der Waals surface area contributed by atoms with Gasteiger partial charge in [-0.1, -0.05) is 54.9 Å². The molecule has 0 atom stereocenters. The zero-order valence-corrected chi connectivity index (χ0v) is 12.1. The van der Waals surface area contributed by atoms with Crippen LogP contribution < -0.4 is 0 Å². The van der Waals surface area contributed by atoms with Gasteiger partial charge < -0.3 is 0 Å². The van der Waals surface area contributed by atoms with Crippen molar-refractivity contribution in [3.63, 3.8) is 0 Å². The smallest absolute Gasteiger partial charge is 0.0383 e. The fraction of sp³-hybridized carbons (Fsp3) is 1.00. The molecule has 0 rings (SSSR count). The second-order valence-electron chi connectivity index (χ2n) is 7.47. The van der Waals surface area contributed by atoms with E-state index in [1.807, 2.05) is 0 Å². The van der Waals surface area contributed by atoms with Crippen molar-refractivity contribution in [1.82, 2.24) is 0 Å². The Hall–Kier alpha value is 0. The summed E-state index contributed by atoms with van der Waals surface area (Å²) in [5.74, 6) is 0.948. The molecule has 0 unspecified atom stereocenters. The molecule has 0 aliphatic rings. The Morgan fingerprint density at radius 2 is 1.07 bits per heavy atom. The lowest BCUT2D eigenvalue weighted by molar-refractivity contribution is 0.271. The molecule has 0 heteroatoms. The highest BCUT2D eigenvalue weighted by Gasteiger charge is 2.17. The van der Waals surface area contributed by atoms with Crippen LogP contribution in [0.2, 0.25) is 0 Å². The summed E-state index contributed by atoms with van der Waals surface area (Å²) in [7, 11) is 0. The quantitative estimate of drug-likeness (QED) is 0.551. The van der Waals surface area contributed by atoms with Crippen LogP contribution in [-0.2, 0) is 0 Å². The largest absolute Gasteiger partial charge is 0.0651 e. The van der Waals surface area contributed by atoms with E-state index in [1.165, 1.54) is 32.1 Å². The minimum atomic E-state index is 0.509. The van der Waals surface area contributed by atoms with Crippen molar-refractivity contribution in [3.05, 3.63) is 0 Å². The Balaban J connectivity index is 3.84. The van der Waals surface area contributed by atoms with Crippen molar-refractivity contribution in [2.24, 2.45) is 16.7 Å². The highest BCUT2D eigenvalue weighted by molar-refractivity contribution is 4.69. The van der Waals surface area contributed by atoms with E-state index in [1.54, 1.807) is 0 Å². The van der Waals surface area contributed by atoms with Crippen LogP contribution in [0.4, 0.5) is 0 Å². The summed E-state index contributed by atoms with van der Waals surface area (Å²) in [4.78, 5) is 0. The summed E-state index contributed by atoms with van der Waals surface area (Å²) < 4.78 is 0. The highest BCUT2D eigenvalue weighted by atomic mass is 14.2. The summed E-state index contributed by atoms with van der Waals surface area (Å²) in [5, 5.41) is 0. The minimum Gasteiger partial charge on any atom is -0.0651 e. The molecule has 92 valence electrons. The van der Waals surface area contributed by atoms with Crippen LogP contribution >= 0.6 is 0 Å². The first kappa shape index (κ1) is 15.0. The number of rotatable bonds is 5. The van der Waals surface area contributed by atoms with Gasteiger partial charge in [0, 0.05) is 0 Å². The molecule has 0 amide bonds. The molecule has 0 saturated carbocycles. The van der Waals surface area contributed by atoms with Gasteiger partial charge in [-0.25, -0.2) is 0 Å². The number of hydrogen-bond acceptors (Lipinski definition) is 0. The van der Waals surface area contributed by atoms with Crippen molar-refractivity contribution in [3.8, 4) is 0 Å². The molecule has 0 aliphatic heterocycles. The van der Waals surface area contributed by atoms with Crippen LogP contribution in [0.25, 0.3) is 0 Å². The SMILES string of the molecule is CCC(CCC(C)(C)C)CCC(C)(C)C. The van der Waals surface area contributed by atoms with Crippen molar-refractivity contribution < 1.29 is 0 Å². The molecule has 0 aromatic carbocycles. The van der Waals surface area contributed by atoms with Gasteiger partial charge in [-0.3, -0.25) is 0 Å². The van der Waals surface area contributed by atoms with E-state index in [4.69, 9.17) is 0 Å². The standard InChI is InChI=1S/C15H32/c1-8-13(9-11-14(2,3)4)10-12-15(5,6)7/h13H,8-12H2,1-7H3. The molecule has 0 heterocycles. The van der Waals surface area contributed by atoms with Crippen LogP contribution in [0.5, 0.6) is 0 Å². The second-order valence-corrected chi connectivity index (χ2v) is 7.47. The maximum absolute atomic E-state index is 2.35. The Bertz CT molecular complexity index is 136.